The first-order chi connectivity index (χ1) is 10.2. The lowest BCUT2D eigenvalue weighted by Crippen LogP contribution is -2.57. The molecule has 1 atom stereocenters. The molecule has 1 N–H and O–H groups in total. The molecule has 0 saturated carbocycles. The second-order valence-corrected chi connectivity index (χ2v) is 5.29. The highest BCUT2D eigenvalue weighted by molar-refractivity contribution is 5.86. The number of nitrogens with zero attached hydrogens (tertiary/aromatic N) is 2. The number of likely N-dealkylation sites (N-methyl/N-ethyl adjacent to an activating group) is 1. The van der Waals surface area contributed by atoms with Gasteiger partial charge >= 0.3 is 0 Å². The van der Waals surface area contributed by atoms with Crippen molar-refractivity contribution in [2.75, 3.05) is 34.4 Å². The fourth-order valence-electron chi connectivity index (χ4n) is 2.96. The smallest absolute Gasteiger partial charge is 0.242 e. The number of carbonyl (C=O) groups excluding carboxylic acids is 1. The van der Waals surface area contributed by atoms with E-state index in [-0.39, 0.29) is 5.91 Å². The highest BCUT2D eigenvalue weighted by Gasteiger charge is 2.47. The molecule has 1 unspecified atom stereocenters. The van der Waals surface area contributed by atoms with Gasteiger partial charge in [-0.1, -0.05) is 5.16 Å². The summed E-state index contributed by atoms with van der Waals surface area (Å²) in [5.41, 5.74) is 0.178. The van der Waals surface area contributed by atoms with Crippen LogP contribution in [0.25, 0.3) is 0 Å². The van der Waals surface area contributed by atoms with Gasteiger partial charge in [-0.3, -0.25) is 9.69 Å². The molecule has 0 radical (unpaired) electrons. The SMILES string of the molecule is CNC(=O)C1(COC)CCCN1Cc1cc(COC)on1. The Hall–Kier alpha value is -1.44. The lowest BCUT2D eigenvalue weighted by molar-refractivity contribution is -0.135. The van der Waals surface area contributed by atoms with E-state index in [4.69, 9.17) is 14.0 Å². The Labute approximate surface area is 124 Å². The summed E-state index contributed by atoms with van der Waals surface area (Å²) in [5, 5.41) is 6.79. The van der Waals surface area contributed by atoms with Crippen molar-refractivity contribution in [3.8, 4) is 0 Å². The van der Waals surface area contributed by atoms with Gasteiger partial charge in [-0.05, 0) is 19.4 Å². The molecule has 0 aliphatic carbocycles. The van der Waals surface area contributed by atoms with Gasteiger partial charge in [0.05, 0.1) is 12.3 Å². The maximum Gasteiger partial charge on any atom is 0.242 e. The summed E-state index contributed by atoms with van der Waals surface area (Å²) in [6.45, 7) is 2.16. The summed E-state index contributed by atoms with van der Waals surface area (Å²) in [7, 11) is 4.88. The molecule has 1 amide bonds. The summed E-state index contributed by atoms with van der Waals surface area (Å²) < 4.78 is 15.5. The van der Waals surface area contributed by atoms with Crippen LogP contribution in [-0.4, -0.2) is 55.9 Å². The van der Waals surface area contributed by atoms with Crippen LogP contribution in [0.5, 0.6) is 0 Å². The van der Waals surface area contributed by atoms with Crippen molar-refractivity contribution in [3.63, 3.8) is 0 Å². The Balaban J connectivity index is 2.13. The highest BCUT2D eigenvalue weighted by Crippen LogP contribution is 2.31. The van der Waals surface area contributed by atoms with Crippen molar-refractivity contribution >= 4 is 5.91 Å². The van der Waals surface area contributed by atoms with Crippen LogP contribution < -0.4 is 5.32 Å². The van der Waals surface area contributed by atoms with Crippen LogP contribution >= 0.6 is 0 Å². The zero-order chi connectivity index (χ0) is 15.3. The van der Waals surface area contributed by atoms with Gasteiger partial charge in [0.2, 0.25) is 5.91 Å². The van der Waals surface area contributed by atoms with E-state index in [0.29, 0.717) is 25.5 Å². The van der Waals surface area contributed by atoms with Crippen molar-refractivity contribution in [1.82, 2.24) is 15.4 Å². The second-order valence-electron chi connectivity index (χ2n) is 5.29. The van der Waals surface area contributed by atoms with E-state index < -0.39 is 5.54 Å². The van der Waals surface area contributed by atoms with Gasteiger partial charge < -0.3 is 19.3 Å². The molecule has 0 bridgehead atoms. The second kappa shape index (κ2) is 7.02. The van der Waals surface area contributed by atoms with E-state index in [2.05, 4.69) is 15.4 Å². The van der Waals surface area contributed by atoms with Crippen molar-refractivity contribution in [2.24, 2.45) is 0 Å². The first-order valence-corrected chi connectivity index (χ1v) is 7.06. The maximum absolute atomic E-state index is 12.3. The minimum Gasteiger partial charge on any atom is -0.382 e. The number of amides is 1. The molecule has 1 saturated heterocycles. The van der Waals surface area contributed by atoms with Crippen LogP contribution in [0.1, 0.15) is 24.3 Å². The molecule has 1 aromatic rings. The van der Waals surface area contributed by atoms with Crippen LogP contribution in [0, 0.1) is 0 Å². The number of likely N-dealkylation sites (tertiary alicyclic amines) is 1. The van der Waals surface area contributed by atoms with Crippen molar-refractivity contribution < 1.29 is 18.8 Å². The van der Waals surface area contributed by atoms with E-state index in [1.54, 1.807) is 21.3 Å². The third-order valence-electron chi connectivity index (χ3n) is 3.90. The first-order valence-electron chi connectivity index (χ1n) is 7.06. The van der Waals surface area contributed by atoms with Gasteiger partial charge in [-0.15, -0.1) is 0 Å². The predicted molar refractivity (Wildman–Crippen MR) is 75.5 cm³/mol. The molecular formula is C14H23N3O4. The molecule has 2 heterocycles. The number of hydrogen-bond acceptors (Lipinski definition) is 6. The first kappa shape index (κ1) is 15.9. The summed E-state index contributed by atoms with van der Waals surface area (Å²) in [5.74, 6) is 0.673. The third kappa shape index (κ3) is 3.25. The summed E-state index contributed by atoms with van der Waals surface area (Å²) in [4.78, 5) is 14.5. The van der Waals surface area contributed by atoms with Crippen LogP contribution in [0.15, 0.2) is 10.6 Å². The number of hydrogen-bond donors (Lipinski definition) is 1. The van der Waals surface area contributed by atoms with Gasteiger partial charge in [0, 0.05) is 33.9 Å². The fourth-order valence-corrected chi connectivity index (χ4v) is 2.96. The number of methoxy groups -OCH3 is 2. The van der Waals surface area contributed by atoms with E-state index in [9.17, 15) is 4.79 Å². The third-order valence-corrected chi connectivity index (χ3v) is 3.90. The van der Waals surface area contributed by atoms with Crippen molar-refractivity contribution in [2.45, 2.75) is 31.5 Å². The molecule has 1 aromatic heterocycles. The number of nitrogens with one attached hydrogen (secondary N) is 1. The normalized spacial score (nSPS) is 22.6. The van der Waals surface area contributed by atoms with Gasteiger partial charge in [0.1, 0.15) is 12.1 Å². The molecule has 1 aliphatic heterocycles. The molecule has 2 rings (SSSR count). The lowest BCUT2D eigenvalue weighted by atomic mass is 9.95. The van der Waals surface area contributed by atoms with E-state index >= 15 is 0 Å². The Morgan fingerprint density at radius 1 is 1.52 bits per heavy atom. The fraction of sp³-hybridized carbons (Fsp3) is 0.714. The Morgan fingerprint density at radius 3 is 3.00 bits per heavy atom. The van der Waals surface area contributed by atoms with Gasteiger partial charge in [0.25, 0.3) is 0 Å². The van der Waals surface area contributed by atoms with Crippen LogP contribution in [0.2, 0.25) is 0 Å². The van der Waals surface area contributed by atoms with Gasteiger partial charge in [-0.25, -0.2) is 0 Å². The number of rotatable bonds is 7. The van der Waals surface area contributed by atoms with E-state index in [1.165, 1.54) is 0 Å². The number of aromatic nitrogens is 1. The Morgan fingerprint density at radius 2 is 2.33 bits per heavy atom. The zero-order valence-electron chi connectivity index (χ0n) is 12.8. The van der Waals surface area contributed by atoms with Crippen molar-refractivity contribution in [3.05, 3.63) is 17.5 Å². The molecule has 21 heavy (non-hydrogen) atoms. The molecule has 1 fully saturated rings. The van der Waals surface area contributed by atoms with E-state index in [1.807, 2.05) is 6.07 Å². The summed E-state index contributed by atoms with van der Waals surface area (Å²) >= 11 is 0. The highest BCUT2D eigenvalue weighted by atomic mass is 16.5. The topological polar surface area (TPSA) is 76.8 Å². The lowest BCUT2D eigenvalue weighted by Gasteiger charge is -2.35. The average Bonchev–Trinajstić information content (AvgIpc) is 3.08. The van der Waals surface area contributed by atoms with Gasteiger partial charge in [0.15, 0.2) is 5.76 Å². The molecule has 0 aromatic carbocycles. The molecular weight excluding hydrogens is 274 g/mol. The Bertz CT molecular complexity index is 477. The molecule has 0 spiro atoms. The van der Waals surface area contributed by atoms with Gasteiger partial charge in [-0.2, -0.15) is 0 Å². The number of carbonyl (C=O) groups is 1. The molecule has 118 valence electrons. The van der Waals surface area contributed by atoms with Crippen LogP contribution in [0.4, 0.5) is 0 Å². The summed E-state index contributed by atoms with van der Waals surface area (Å²) in [6.07, 6.45) is 1.74. The monoisotopic (exact) mass is 297 g/mol. The quantitative estimate of drug-likeness (QED) is 0.792. The molecule has 7 heteroatoms. The van der Waals surface area contributed by atoms with E-state index in [0.717, 1.165) is 25.1 Å². The standard InChI is InChI=1S/C14H23N3O4/c1-15-13(18)14(10-20-3)5-4-6-17(14)8-11-7-12(9-19-2)21-16-11/h7H,4-6,8-10H2,1-3H3,(H,15,18). The largest absolute Gasteiger partial charge is 0.382 e. The Kier molecular flexibility index (Phi) is 5.33. The van der Waals surface area contributed by atoms with Crippen LogP contribution in [-0.2, 0) is 27.4 Å². The zero-order valence-corrected chi connectivity index (χ0v) is 12.8. The summed E-state index contributed by atoms with van der Waals surface area (Å²) in [6, 6.07) is 1.86. The average molecular weight is 297 g/mol. The predicted octanol–water partition coefficient (Wildman–Crippen LogP) is 0.548. The minimum absolute atomic E-state index is 0.0116. The molecule has 1 aliphatic rings. The maximum atomic E-state index is 12.3. The van der Waals surface area contributed by atoms with Crippen LogP contribution in [0.3, 0.4) is 0 Å². The number of ether oxygens (including phenoxy) is 2. The molecule has 7 nitrogen and oxygen atoms in total. The minimum atomic E-state index is -0.621. The van der Waals surface area contributed by atoms with Crippen molar-refractivity contribution in [1.29, 1.82) is 0 Å².